The third kappa shape index (κ3) is 2.92. The Morgan fingerprint density at radius 3 is 2.48 bits per heavy atom. The molecule has 1 aromatic rings. The third-order valence-electron chi connectivity index (χ3n) is 3.72. The summed E-state index contributed by atoms with van der Waals surface area (Å²) in [7, 11) is 0. The second-order valence-corrected chi connectivity index (χ2v) is 6.58. The van der Waals surface area contributed by atoms with E-state index >= 15 is 0 Å². The first-order chi connectivity index (χ1) is 9.69. The molecule has 112 valence electrons. The second kappa shape index (κ2) is 4.92. The molecule has 6 heteroatoms. The SMILES string of the molecule is CC(C)(C)[C@H](NC(=O)C1(C#N)CC1)C(=O)n1ccc(O)c1. The minimum absolute atomic E-state index is 0.0157. The van der Waals surface area contributed by atoms with Crippen molar-refractivity contribution in [2.45, 2.75) is 39.7 Å². The summed E-state index contributed by atoms with van der Waals surface area (Å²) in [5, 5.41) is 21.1. The summed E-state index contributed by atoms with van der Waals surface area (Å²) in [6.07, 6.45) is 3.81. The normalized spacial score (nSPS) is 17.6. The van der Waals surface area contributed by atoms with Crippen LogP contribution in [0.2, 0.25) is 0 Å². The molecule has 1 aliphatic rings. The fraction of sp³-hybridized carbons (Fsp3) is 0.533. The maximum Gasteiger partial charge on any atom is 0.253 e. The van der Waals surface area contributed by atoms with E-state index in [9.17, 15) is 14.7 Å². The molecule has 2 N–H and O–H groups in total. The highest BCUT2D eigenvalue weighted by Crippen LogP contribution is 2.45. The lowest BCUT2D eigenvalue weighted by molar-refractivity contribution is -0.125. The number of amides is 1. The van der Waals surface area contributed by atoms with Gasteiger partial charge in [-0.3, -0.25) is 14.2 Å². The Balaban J connectivity index is 2.22. The van der Waals surface area contributed by atoms with E-state index in [1.165, 1.54) is 23.0 Å². The number of aromatic hydroxyl groups is 1. The molecule has 1 atom stereocenters. The lowest BCUT2D eigenvalue weighted by atomic mass is 9.85. The van der Waals surface area contributed by atoms with Crippen molar-refractivity contribution >= 4 is 11.8 Å². The molecule has 0 radical (unpaired) electrons. The van der Waals surface area contributed by atoms with Crippen LogP contribution < -0.4 is 5.32 Å². The lowest BCUT2D eigenvalue weighted by Gasteiger charge is -2.30. The van der Waals surface area contributed by atoms with Gasteiger partial charge < -0.3 is 10.4 Å². The summed E-state index contributed by atoms with van der Waals surface area (Å²) in [6, 6.07) is 2.65. The summed E-state index contributed by atoms with van der Waals surface area (Å²) < 4.78 is 1.25. The van der Waals surface area contributed by atoms with E-state index < -0.39 is 22.8 Å². The van der Waals surface area contributed by atoms with Crippen LogP contribution in [0.1, 0.15) is 38.4 Å². The Morgan fingerprint density at radius 1 is 1.48 bits per heavy atom. The molecule has 1 aliphatic carbocycles. The summed E-state index contributed by atoms with van der Waals surface area (Å²) >= 11 is 0. The molecule has 2 rings (SSSR count). The van der Waals surface area contributed by atoms with Crippen LogP contribution in [0.15, 0.2) is 18.5 Å². The Labute approximate surface area is 123 Å². The molecule has 0 saturated heterocycles. The van der Waals surface area contributed by atoms with Gasteiger partial charge in [0.2, 0.25) is 5.91 Å². The number of hydrogen-bond donors (Lipinski definition) is 2. The van der Waals surface area contributed by atoms with Gasteiger partial charge in [0.15, 0.2) is 0 Å². The number of aromatic nitrogens is 1. The zero-order valence-corrected chi connectivity index (χ0v) is 12.4. The summed E-state index contributed by atoms with van der Waals surface area (Å²) in [4.78, 5) is 24.7. The topological polar surface area (TPSA) is 95.1 Å². The first kappa shape index (κ1) is 15.1. The van der Waals surface area contributed by atoms with E-state index in [1.54, 1.807) is 0 Å². The summed E-state index contributed by atoms with van der Waals surface area (Å²) in [5.41, 5.74) is -1.49. The van der Waals surface area contributed by atoms with Gasteiger partial charge in [0, 0.05) is 6.20 Å². The number of carbonyl (C=O) groups is 2. The highest BCUT2D eigenvalue weighted by Gasteiger charge is 2.52. The Bertz CT molecular complexity index is 615. The largest absolute Gasteiger partial charge is 0.506 e. The highest BCUT2D eigenvalue weighted by atomic mass is 16.3. The number of nitrogens with one attached hydrogen (secondary N) is 1. The van der Waals surface area contributed by atoms with Crippen molar-refractivity contribution in [2.75, 3.05) is 0 Å². The van der Waals surface area contributed by atoms with Gasteiger partial charge in [0.05, 0.1) is 12.3 Å². The van der Waals surface area contributed by atoms with Crippen molar-refractivity contribution in [2.24, 2.45) is 10.8 Å². The number of hydrogen-bond acceptors (Lipinski definition) is 4. The van der Waals surface area contributed by atoms with E-state index in [2.05, 4.69) is 5.32 Å². The van der Waals surface area contributed by atoms with Gasteiger partial charge >= 0.3 is 0 Å². The molecule has 1 saturated carbocycles. The van der Waals surface area contributed by atoms with Gasteiger partial charge in [-0.05, 0) is 24.3 Å². The molecule has 0 aliphatic heterocycles. The van der Waals surface area contributed by atoms with Crippen LogP contribution in [0.4, 0.5) is 0 Å². The molecule has 1 amide bonds. The van der Waals surface area contributed by atoms with E-state index in [4.69, 9.17) is 5.26 Å². The zero-order valence-electron chi connectivity index (χ0n) is 12.4. The Kier molecular flexibility index (Phi) is 3.54. The van der Waals surface area contributed by atoms with Crippen LogP contribution in [0.5, 0.6) is 5.75 Å². The smallest absolute Gasteiger partial charge is 0.253 e. The van der Waals surface area contributed by atoms with E-state index in [0.29, 0.717) is 12.8 Å². The van der Waals surface area contributed by atoms with Gasteiger partial charge in [0.1, 0.15) is 17.2 Å². The van der Waals surface area contributed by atoms with Crippen LogP contribution in [0.25, 0.3) is 0 Å². The van der Waals surface area contributed by atoms with Crippen LogP contribution >= 0.6 is 0 Å². The number of nitrogens with zero attached hydrogens (tertiary/aromatic N) is 2. The molecule has 6 nitrogen and oxygen atoms in total. The molecule has 0 spiro atoms. The molecule has 1 aromatic heterocycles. The average molecular weight is 289 g/mol. The Morgan fingerprint density at radius 2 is 2.10 bits per heavy atom. The van der Waals surface area contributed by atoms with Crippen molar-refractivity contribution in [3.05, 3.63) is 18.5 Å². The highest BCUT2D eigenvalue weighted by molar-refractivity contribution is 5.94. The second-order valence-electron chi connectivity index (χ2n) is 6.58. The molecule has 1 fully saturated rings. The van der Waals surface area contributed by atoms with Crippen LogP contribution in [0.3, 0.4) is 0 Å². The lowest BCUT2D eigenvalue weighted by Crippen LogP contribution is -2.52. The van der Waals surface area contributed by atoms with Gasteiger partial charge in [-0.25, -0.2) is 0 Å². The van der Waals surface area contributed by atoms with Crippen LogP contribution in [-0.4, -0.2) is 27.5 Å². The molecule has 1 heterocycles. The fourth-order valence-corrected chi connectivity index (χ4v) is 2.10. The number of nitriles is 1. The summed E-state index contributed by atoms with van der Waals surface area (Å²) in [5.74, 6) is -0.752. The van der Waals surface area contributed by atoms with Gasteiger partial charge in [-0.2, -0.15) is 5.26 Å². The molecule has 0 bridgehead atoms. The number of rotatable bonds is 3. The minimum atomic E-state index is -0.970. The average Bonchev–Trinajstić information content (AvgIpc) is 3.09. The van der Waals surface area contributed by atoms with Crippen molar-refractivity contribution in [1.82, 2.24) is 9.88 Å². The quantitative estimate of drug-likeness (QED) is 0.884. The van der Waals surface area contributed by atoms with E-state index in [1.807, 2.05) is 26.8 Å². The van der Waals surface area contributed by atoms with Crippen LogP contribution in [-0.2, 0) is 4.79 Å². The van der Waals surface area contributed by atoms with Crippen molar-refractivity contribution in [1.29, 1.82) is 5.26 Å². The van der Waals surface area contributed by atoms with E-state index in [-0.39, 0.29) is 11.7 Å². The molecule has 0 unspecified atom stereocenters. The van der Waals surface area contributed by atoms with Crippen molar-refractivity contribution < 1.29 is 14.7 Å². The predicted molar refractivity (Wildman–Crippen MR) is 75.4 cm³/mol. The molecular formula is C15H19N3O3. The predicted octanol–water partition coefficient (Wildman–Crippen LogP) is 1.67. The van der Waals surface area contributed by atoms with Gasteiger partial charge in [-0.1, -0.05) is 20.8 Å². The summed E-state index contributed by atoms with van der Waals surface area (Å²) in [6.45, 7) is 5.52. The fourth-order valence-electron chi connectivity index (χ4n) is 2.10. The van der Waals surface area contributed by atoms with E-state index in [0.717, 1.165) is 0 Å². The monoisotopic (exact) mass is 289 g/mol. The van der Waals surface area contributed by atoms with Crippen molar-refractivity contribution in [3.63, 3.8) is 0 Å². The van der Waals surface area contributed by atoms with Gasteiger partial charge in [-0.15, -0.1) is 0 Å². The number of carbonyl (C=O) groups excluding carboxylic acids is 2. The minimum Gasteiger partial charge on any atom is -0.506 e. The van der Waals surface area contributed by atoms with Crippen LogP contribution in [0, 0.1) is 22.2 Å². The maximum atomic E-state index is 12.5. The molecule has 0 aromatic carbocycles. The maximum absolute atomic E-state index is 12.5. The Hall–Kier alpha value is -2.29. The molecular weight excluding hydrogens is 270 g/mol. The first-order valence-electron chi connectivity index (χ1n) is 6.83. The molecule has 21 heavy (non-hydrogen) atoms. The van der Waals surface area contributed by atoms with Crippen molar-refractivity contribution in [3.8, 4) is 11.8 Å². The standard InChI is InChI=1S/C15H19N3O3/c1-14(2,3)11(12(20)18-7-4-10(19)8-18)17-13(21)15(9-16)5-6-15/h4,7-8,11,19H,5-6H2,1-3H3,(H,17,21)/t11-/m1/s1. The van der Waals surface area contributed by atoms with Gasteiger partial charge in [0.25, 0.3) is 5.91 Å². The zero-order chi connectivity index (χ0) is 15.8. The first-order valence-corrected chi connectivity index (χ1v) is 6.83. The third-order valence-corrected chi connectivity index (χ3v) is 3.72.